The lowest BCUT2D eigenvalue weighted by molar-refractivity contribution is -0.148. The van der Waals surface area contributed by atoms with E-state index in [1.54, 1.807) is 27.1 Å². The van der Waals surface area contributed by atoms with Crippen molar-refractivity contribution in [1.82, 2.24) is 19.8 Å². The molecule has 1 N–H and O–H groups in total. The first-order chi connectivity index (χ1) is 17.6. The molecule has 0 aliphatic carbocycles. The molecule has 0 saturated carbocycles. The number of nitrogens with zero attached hydrogens (tertiary/aromatic N) is 3. The second kappa shape index (κ2) is 12.7. The van der Waals surface area contributed by atoms with Crippen LogP contribution in [-0.2, 0) is 38.6 Å². The van der Waals surface area contributed by atoms with Gasteiger partial charge in [0.05, 0.1) is 19.1 Å². The first kappa shape index (κ1) is 27.4. The quantitative estimate of drug-likeness (QED) is 0.422. The number of imidazole rings is 1. The van der Waals surface area contributed by atoms with E-state index < -0.39 is 29.6 Å². The molecule has 0 bridgehead atoms. The van der Waals surface area contributed by atoms with E-state index in [1.807, 2.05) is 71.4 Å². The highest BCUT2D eigenvalue weighted by molar-refractivity contribution is 5.88. The van der Waals surface area contributed by atoms with E-state index in [0.717, 1.165) is 11.1 Å². The maximum absolute atomic E-state index is 13.7. The molecule has 9 nitrogen and oxygen atoms in total. The minimum Gasteiger partial charge on any atom is -0.468 e. The van der Waals surface area contributed by atoms with Crippen molar-refractivity contribution in [2.75, 3.05) is 13.7 Å². The molecule has 2 amide bonds. The van der Waals surface area contributed by atoms with E-state index in [4.69, 9.17) is 9.47 Å². The number of ether oxygens (including phenoxy) is 2. The number of benzene rings is 2. The highest BCUT2D eigenvalue weighted by Gasteiger charge is 2.30. The maximum atomic E-state index is 13.7. The zero-order chi connectivity index (χ0) is 26.8. The highest BCUT2D eigenvalue weighted by atomic mass is 16.6. The molecule has 0 unspecified atom stereocenters. The fourth-order valence-corrected chi connectivity index (χ4v) is 3.71. The minimum absolute atomic E-state index is 0.117. The van der Waals surface area contributed by atoms with Crippen molar-refractivity contribution in [3.63, 3.8) is 0 Å². The van der Waals surface area contributed by atoms with Crippen molar-refractivity contribution >= 4 is 18.0 Å². The Morgan fingerprint density at radius 1 is 1.00 bits per heavy atom. The van der Waals surface area contributed by atoms with Gasteiger partial charge in [0.15, 0.2) is 0 Å². The Hall–Kier alpha value is -4.14. The van der Waals surface area contributed by atoms with Gasteiger partial charge >= 0.3 is 12.1 Å². The summed E-state index contributed by atoms with van der Waals surface area (Å²) >= 11 is 0. The van der Waals surface area contributed by atoms with E-state index in [9.17, 15) is 14.4 Å². The SMILES string of the molecule is COC(=O)CN(Cc1ccccc1)C(=O)[C@H](Cc1cn(Cc2ccccc2)cn1)NC(=O)OC(C)(C)C. The molecule has 1 heterocycles. The van der Waals surface area contributed by atoms with Gasteiger partial charge in [-0.15, -0.1) is 0 Å². The molecule has 0 fully saturated rings. The van der Waals surface area contributed by atoms with Gasteiger partial charge < -0.3 is 24.3 Å². The van der Waals surface area contributed by atoms with Crippen LogP contribution in [0.5, 0.6) is 0 Å². The summed E-state index contributed by atoms with van der Waals surface area (Å²) < 4.78 is 12.1. The second-order valence-electron chi connectivity index (χ2n) is 9.68. The number of carbonyl (C=O) groups is 3. The number of hydrogen-bond acceptors (Lipinski definition) is 6. The number of amides is 2. The number of hydrogen-bond donors (Lipinski definition) is 1. The summed E-state index contributed by atoms with van der Waals surface area (Å²) in [5.41, 5.74) is 1.81. The monoisotopic (exact) mass is 506 g/mol. The van der Waals surface area contributed by atoms with Gasteiger partial charge in [-0.05, 0) is 31.9 Å². The van der Waals surface area contributed by atoms with Crippen LogP contribution in [0.4, 0.5) is 4.79 Å². The van der Waals surface area contributed by atoms with Gasteiger partial charge in [0.1, 0.15) is 18.2 Å². The minimum atomic E-state index is -1.01. The van der Waals surface area contributed by atoms with Crippen molar-refractivity contribution in [1.29, 1.82) is 0 Å². The molecule has 0 spiro atoms. The molecule has 0 aliphatic rings. The number of aromatic nitrogens is 2. The topological polar surface area (TPSA) is 103 Å². The van der Waals surface area contributed by atoms with Crippen LogP contribution in [0.3, 0.4) is 0 Å². The summed E-state index contributed by atoms with van der Waals surface area (Å²) in [5.74, 6) is -1.01. The fourth-order valence-electron chi connectivity index (χ4n) is 3.71. The van der Waals surface area contributed by atoms with Crippen molar-refractivity contribution in [3.05, 3.63) is 90.0 Å². The Kier molecular flexibility index (Phi) is 9.43. The summed E-state index contributed by atoms with van der Waals surface area (Å²) in [6.45, 7) is 5.76. The molecule has 3 rings (SSSR count). The molecule has 1 atom stereocenters. The number of nitrogens with one attached hydrogen (secondary N) is 1. The van der Waals surface area contributed by atoms with Crippen molar-refractivity contribution in [2.45, 2.75) is 51.9 Å². The summed E-state index contributed by atoms with van der Waals surface area (Å²) in [4.78, 5) is 44.3. The summed E-state index contributed by atoms with van der Waals surface area (Å²) in [6.07, 6.45) is 2.92. The number of methoxy groups -OCH3 is 1. The molecule has 37 heavy (non-hydrogen) atoms. The van der Waals surface area contributed by atoms with E-state index in [0.29, 0.717) is 12.2 Å². The molecule has 2 aromatic carbocycles. The fraction of sp³-hybridized carbons (Fsp3) is 0.357. The van der Waals surface area contributed by atoms with Crippen LogP contribution in [0.2, 0.25) is 0 Å². The molecule has 9 heteroatoms. The van der Waals surface area contributed by atoms with Gasteiger partial charge in [-0.3, -0.25) is 9.59 Å². The van der Waals surface area contributed by atoms with Crippen LogP contribution in [0.25, 0.3) is 0 Å². The summed E-state index contributed by atoms with van der Waals surface area (Å²) in [6, 6.07) is 18.2. The molecule has 0 radical (unpaired) electrons. The van der Waals surface area contributed by atoms with Gasteiger partial charge in [-0.2, -0.15) is 0 Å². The Labute approximate surface area is 217 Å². The van der Waals surface area contributed by atoms with Gasteiger partial charge in [-0.1, -0.05) is 60.7 Å². The number of esters is 1. The lowest BCUT2D eigenvalue weighted by Crippen LogP contribution is -2.51. The molecular formula is C28H34N4O5. The maximum Gasteiger partial charge on any atom is 0.408 e. The first-order valence-corrected chi connectivity index (χ1v) is 12.1. The zero-order valence-electron chi connectivity index (χ0n) is 21.7. The van der Waals surface area contributed by atoms with Crippen LogP contribution >= 0.6 is 0 Å². The average Bonchev–Trinajstić information content (AvgIpc) is 3.29. The third kappa shape index (κ3) is 9.10. The van der Waals surface area contributed by atoms with E-state index in [2.05, 4.69) is 10.3 Å². The van der Waals surface area contributed by atoms with Gasteiger partial charge in [-0.25, -0.2) is 9.78 Å². The van der Waals surface area contributed by atoms with E-state index in [1.165, 1.54) is 12.0 Å². The number of rotatable bonds is 10. The predicted molar refractivity (Wildman–Crippen MR) is 139 cm³/mol. The van der Waals surface area contributed by atoms with Crippen molar-refractivity contribution in [3.8, 4) is 0 Å². The first-order valence-electron chi connectivity index (χ1n) is 12.1. The zero-order valence-corrected chi connectivity index (χ0v) is 21.7. The van der Waals surface area contributed by atoms with Gasteiger partial charge in [0, 0.05) is 25.7 Å². The van der Waals surface area contributed by atoms with E-state index in [-0.39, 0.29) is 19.5 Å². The van der Waals surface area contributed by atoms with Crippen molar-refractivity contribution in [2.24, 2.45) is 0 Å². The second-order valence-corrected chi connectivity index (χ2v) is 9.68. The van der Waals surface area contributed by atoms with Gasteiger partial charge in [0.2, 0.25) is 5.91 Å². The third-order valence-electron chi connectivity index (χ3n) is 5.37. The molecular weight excluding hydrogens is 472 g/mol. The van der Waals surface area contributed by atoms with Crippen LogP contribution in [0.1, 0.15) is 37.6 Å². The molecule has 1 aromatic heterocycles. The average molecular weight is 507 g/mol. The van der Waals surface area contributed by atoms with Gasteiger partial charge in [0.25, 0.3) is 0 Å². The Morgan fingerprint density at radius 2 is 1.62 bits per heavy atom. The predicted octanol–water partition coefficient (Wildman–Crippen LogP) is 3.57. The largest absolute Gasteiger partial charge is 0.468 e. The number of alkyl carbamates (subject to hydrolysis) is 1. The van der Waals surface area contributed by atoms with E-state index >= 15 is 0 Å². The lowest BCUT2D eigenvalue weighted by Gasteiger charge is -2.28. The normalized spacial score (nSPS) is 11.9. The highest BCUT2D eigenvalue weighted by Crippen LogP contribution is 2.13. The Bertz CT molecular complexity index is 1170. The van der Waals surface area contributed by atoms with Crippen LogP contribution < -0.4 is 5.32 Å². The molecule has 196 valence electrons. The lowest BCUT2D eigenvalue weighted by atomic mass is 10.1. The third-order valence-corrected chi connectivity index (χ3v) is 5.37. The number of carbonyl (C=O) groups excluding carboxylic acids is 3. The Morgan fingerprint density at radius 3 is 2.22 bits per heavy atom. The Balaban J connectivity index is 1.83. The standard InChI is InChI=1S/C28H34N4O5/c1-28(2,3)37-27(35)30-24(15-23-18-31(20-29-23)16-21-11-7-5-8-12-21)26(34)32(19-25(33)36-4)17-22-13-9-6-10-14-22/h5-14,18,20,24H,15-17,19H2,1-4H3,(H,30,35)/t24-/m0/s1. The van der Waals surface area contributed by atoms with Crippen molar-refractivity contribution < 1.29 is 23.9 Å². The molecule has 0 aliphatic heterocycles. The van der Waals surface area contributed by atoms with Crippen LogP contribution in [-0.4, -0.2) is 57.7 Å². The van der Waals surface area contributed by atoms with Crippen LogP contribution in [0.15, 0.2) is 73.2 Å². The molecule has 3 aromatic rings. The van der Waals surface area contributed by atoms with Crippen LogP contribution in [0, 0.1) is 0 Å². The molecule has 0 saturated heterocycles. The smallest absolute Gasteiger partial charge is 0.408 e. The summed E-state index contributed by atoms with van der Waals surface area (Å²) in [5, 5.41) is 2.68. The summed E-state index contributed by atoms with van der Waals surface area (Å²) in [7, 11) is 1.27.